The van der Waals surface area contributed by atoms with Crippen LogP contribution in [-0.4, -0.2) is 61.6 Å². The van der Waals surface area contributed by atoms with Crippen molar-refractivity contribution in [1.29, 1.82) is 0 Å². The maximum absolute atomic E-state index is 4.33. The number of hydrogen-bond donors (Lipinski definition) is 2. The molecule has 1 fully saturated rings. The van der Waals surface area contributed by atoms with Crippen LogP contribution in [0.25, 0.3) is 0 Å². The van der Waals surface area contributed by atoms with Gasteiger partial charge in [0.25, 0.3) is 0 Å². The standard InChI is InChI=1S/C20H35N5/c1-5-17(3)23-20(21-4)22-15-18-9-7-8-10-19(18)16-25-13-11-24(6-2)12-14-25/h7-10,17H,5-6,11-16H2,1-4H3,(H2,21,22,23). The first-order valence-corrected chi connectivity index (χ1v) is 9.64. The molecule has 1 saturated heterocycles. The first-order chi connectivity index (χ1) is 12.2. The van der Waals surface area contributed by atoms with Gasteiger partial charge in [-0.1, -0.05) is 38.1 Å². The SMILES string of the molecule is CCC(C)NC(=NC)NCc1ccccc1CN1CCN(CC)CC1. The van der Waals surface area contributed by atoms with Crippen LogP contribution >= 0.6 is 0 Å². The summed E-state index contributed by atoms with van der Waals surface area (Å²) in [5.74, 6) is 0.876. The predicted octanol–water partition coefficient (Wildman–Crippen LogP) is 2.29. The lowest BCUT2D eigenvalue weighted by Gasteiger charge is -2.34. The van der Waals surface area contributed by atoms with Crippen molar-refractivity contribution in [1.82, 2.24) is 20.4 Å². The highest BCUT2D eigenvalue weighted by Gasteiger charge is 2.16. The third kappa shape index (κ3) is 6.33. The van der Waals surface area contributed by atoms with Gasteiger partial charge in [0.05, 0.1) is 0 Å². The van der Waals surface area contributed by atoms with E-state index in [2.05, 4.69) is 70.5 Å². The minimum Gasteiger partial charge on any atom is -0.354 e. The third-order valence-electron chi connectivity index (χ3n) is 5.09. The molecule has 0 radical (unpaired) electrons. The zero-order valence-corrected chi connectivity index (χ0v) is 16.4. The average Bonchev–Trinajstić information content (AvgIpc) is 2.66. The molecule has 0 saturated carbocycles. The molecule has 25 heavy (non-hydrogen) atoms. The second-order valence-electron chi connectivity index (χ2n) is 6.86. The summed E-state index contributed by atoms with van der Waals surface area (Å²) in [7, 11) is 1.83. The molecular formula is C20H35N5. The number of guanidine groups is 1. The van der Waals surface area contributed by atoms with Crippen molar-refractivity contribution >= 4 is 5.96 Å². The second-order valence-corrected chi connectivity index (χ2v) is 6.86. The fourth-order valence-corrected chi connectivity index (χ4v) is 3.10. The summed E-state index contributed by atoms with van der Waals surface area (Å²) < 4.78 is 0. The van der Waals surface area contributed by atoms with Gasteiger partial charge in [-0.15, -0.1) is 0 Å². The van der Waals surface area contributed by atoms with E-state index in [1.807, 2.05) is 7.05 Å². The van der Waals surface area contributed by atoms with Gasteiger partial charge in [0, 0.05) is 52.4 Å². The molecule has 2 rings (SSSR count). The number of rotatable bonds is 7. The van der Waals surface area contributed by atoms with Gasteiger partial charge in [-0.3, -0.25) is 9.89 Å². The predicted molar refractivity (Wildman–Crippen MR) is 107 cm³/mol. The van der Waals surface area contributed by atoms with E-state index in [9.17, 15) is 0 Å². The molecule has 0 bridgehead atoms. The maximum atomic E-state index is 4.33. The molecule has 1 aromatic carbocycles. The fourth-order valence-electron chi connectivity index (χ4n) is 3.10. The first kappa shape index (κ1) is 19.7. The average molecular weight is 346 g/mol. The van der Waals surface area contributed by atoms with Gasteiger partial charge in [-0.25, -0.2) is 0 Å². The van der Waals surface area contributed by atoms with Crippen LogP contribution in [-0.2, 0) is 13.1 Å². The Morgan fingerprint density at radius 3 is 2.32 bits per heavy atom. The Kier molecular flexibility index (Phi) is 8.22. The molecule has 1 atom stereocenters. The van der Waals surface area contributed by atoms with E-state index in [-0.39, 0.29) is 0 Å². The zero-order chi connectivity index (χ0) is 18.1. The second kappa shape index (κ2) is 10.4. The number of nitrogens with zero attached hydrogens (tertiary/aromatic N) is 3. The van der Waals surface area contributed by atoms with E-state index in [1.165, 1.54) is 24.2 Å². The summed E-state index contributed by atoms with van der Waals surface area (Å²) in [6.07, 6.45) is 1.08. The van der Waals surface area contributed by atoms with Gasteiger partial charge in [0.1, 0.15) is 0 Å². The van der Waals surface area contributed by atoms with E-state index in [0.717, 1.165) is 45.1 Å². The van der Waals surface area contributed by atoms with E-state index in [4.69, 9.17) is 0 Å². The summed E-state index contributed by atoms with van der Waals surface area (Å²) >= 11 is 0. The minimum atomic E-state index is 0.427. The van der Waals surface area contributed by atoms with E-state index in [0.29, 0.717) is 6.04 Å². The fraction of sp³-hybridized carbons (Fsp3) is 0.650. The first-order valence-electron chi connectivity index (χ1n) is 9.64. The van der Waals surface area contributed by atoms with Crippen LogP contribution in [0.1, 0.15) is 38.3 Å². The largest absolute Gasteiger partial charge is 0.354 e. The highest BCUT2D eigenvalue weighted by molar-refractivity contribution is 5.79. The van der Waals surface area contributed by atoms with Crippen molar-refractivity contribution in [2.45, 2.75) is 46.3 Å². The monoisotopic (exact) mass is 345 g/mol. The quantitative estimate of drug-likeness (QED) is 0.588. The number of nitrogens with one attached hydrogen (secondary N) is 2. The van der Waals surface area contributed by atoms with Gasteiger partial charge in [0.2, 0.25) is 0 Å². The number of piperazine rings is 1. The highest BCUT2D eigenvalue weighted by Crippen LogP contribution is 2.13. The molecule has 0 aromatic heterocycles. The van der Waals surface area contributed by atoms with Crippen LogP contribution < -0.4 is 10.6 Å². The molecule has 1 aliphatic heterocycles. The smallest absolute Gasteiger partial charge is 0.191 e. The molecule has 140 valence electrons. The maximum Gasteiger partial charge on any atom is 0.191 e. The van der Waals surface area contributed by atoms with Crippen LogP contribution in [0.15, 0.2) is 29.3 Å². The van der Waals surface area contributed by atoms with Gasteiger partial charge < -0.3 is 15.5 Å². The van der Waals surface area contributed by atoms with Crippen molar-refractivity contribution in [2.75, 3.05) is 39.8 Å². The molecule has 0 amide bonds. The Hall–Kier alpha value is -1.59. The van der Waals surface area contributed by atoms with Crippen LogP contribution in [0.3, 0.4) is 0 Å². The third-order valence-corrected chi connectivity index (χ3v) is 5.09. The molecular weight excluding hydrogens is 310 g/mol. The van der Waals surface area contributed by atoms with Gasteiger partial charge in [-0.2, -0.15) is 0 Å². The number of benzene rings is 1. The van der Waals surface area contributed by atoms with Crippen molar-refractivity contribution in [2.24, 2.45) is 4.99 Å². The Morgan fingerprint density at radius 2 is 1.72 bits per heavy atom. The lowest BCUT2D eigenvalue weighted by atomic mass is 10.1. The van der Waals surface area contributed by atoms with Crippen molar-refractivity contribution in [3.05, 3.63) is 35.4 Å². The topological polar surface area (TPSA) is 42.9 Å². The number of hydrogen-bond acceptors (Lipinski definition) is 3. The summed E-state index contributed by atoms with van der Waals surface area (Å²) in [5, 5.41) is 6.88. The molecule has 1 aromatic rings. The van der Waals surface area contributed by atoms with Crippen molar-refractivity contribution < 1.29 is 0 Å². The Bertz CT molecular complexity index is 535. The summed E-state index contributed by atoms with van der Waals surface area (Å²) in [5.41, 5.74) is 2.77. The van der Waals surface area contributed by atoms with E-state index in [1.54, 1.807) is 0 Å². The van der Waals surface area contributed by atoms with Crippen molar-refractivity contribution in [3.8, 4) is 0 Å². The van der Waals surface area contributed by atoms with E-state index >= 15 is 0 Å². The Balaban J connectivity index is 1.91. The zero-order valence-electron chi connectivity index (χ0n) is 16.4. The molecule has 0 aliphatic carbocycles. The summed E-state index contributed by atoms with van der Waals surface area (Å²) in [4.78, 5) is 9.42. The Labute approximate surface area is 153 Å². The molecule has 0 spiro atoms. The molecule has 5 heteroatoms. The Morgan fingerprint density at radius 1 is 1.08 bits per heavy atom. The lowest BCUT2D eigenvalue weighted by Crippen LogP contribution is -2.45. The summed E-state index contributed by atoms with van der Waals surface area (Å²) in [6.45, 7) is 14.3. The van der Waals surface area contributed by atoms with Gasteiger partial charge >= 0.3 is 0 Å². The summed E-state index contributed by atoms with van der Waals surface area (Å²) in [6, 6.07) is 9.18. The van der Waals surface area contributed by atoms with Crippen LogP contribution in [0, 0.1) is 0 Å². The normalized spacial score (nSPS) is 18.2. The molecule has 1 heterocycles. The van der Waals surface area contributed by atoms with Gasteiger partial charge in [-0.05, 0) is 31.0 Å². The van der Waals surface area contributed by atoms with Gasteiger partial charge in [0.15, 0.2) is 5.96 Å². The van der Waals surface area contributed by atoms with Crippen LogP contribution in [0.2, 0.25) is 0 Å². The van der Waals surface area contributed by atoms with Crippen molar-refractivity contribution in [3.63, 3.8) is 0 Å². The molecule has 1 unspecified atom stereocenters. The minimum absolute atomic E-state index is 0.427. The van der Waals surface area contributed by atoms with E-state index < -0.39 is 0 Å². The molecule has 5 nitrogen and oxygen atoms in total. The number of aliphatic imine (C=N–C) groups is 1. The highest BCUT2D eigenvalue weighted by atomic mass is 15.3. The van der Waals surface area contributed by atoms with Crippen LogP contribution in [0.5, 0.6) is 0 Å². The van der Waals surface area contributed by atoms with Crippen LogP contribution in [0.4, 0.5) is 0 Å². The molecule has 2 N–H and O–H groups in total. The number of likely N-dealkylation sites (N-methyl/N-ethyl adjacent to an activating group) is 1. The molecule has 1 aliphatic rings. The lowest BCUT2D eigenvalue weighted by molar-refractivity contribution is 0.131.